The Morgan fingerprint density at radius 1 is 1.73 bits per heavy atom. The van der Waals surface area contributed by atoms with Crippen molar-refractivity contribution in [3.63, 3.8) is 0 Å². The van der Waals surface area contributed by atoms with E-state index < -0.39 is 4.92 Å². The summed E-state index contributed by atoms with van der Waals surface area (Å²) in [6.07, 6.45) is 1.17. The second-order valence-corrected chi connectivity index (χ2v) is 3.37. The Balaban J connectivity index is 2.97. The number of halogens is 1. The number of rotatable bonds is 4. The SMILES string of the molecule is CN(CCN)c1ncc([N+](=O)[O-])cc1Cl. The van der Waals surface area contributed by atoms with Crippen LogP contribution in [-0.4, -0.2) is 30.0 Å². The number of likely N-dealkylation sites (N-methyl/N-ethyl adjacent to an activating group) is 1. The van der Waals surface area contributed by atoms with E-state index in [1.165, 1.54) is 12.3 Å². The van der Waals surface area contributed by atoms with Crippen LogP contribution in [-0.2, 0) is 0 Å². The van der Waals surface area contributed by atoms with E-state index >= 15 is 0 Å². The van der Waals surface area contributed by atoms with Gasteiger partial charge in [0.15, 0.2) is 0 Å². The van der Waals surface area contributed by atoms with Crippen molar-refractivity contribution in [1.82, 2.24) is 4.98 Å². The predicted molar refractivity (Wildman–Crippen MR) is 58.2 cm³/mol. The topological polar surface area (TPSA) is 85.3 Å². The van der Waals surface area contributed by atoms with Gasteiger partial charge >= 0.3 is 0 Å². The first kappa shape index (κ1) is 11.7. The molecule has 0 saturated carbocycles. The maximum atomic E-state index is 10.4. The molecule has 1 heterocycles. The fourth-order valence-corrected chi connectivity index (χ4v) is 1.41. The Kier molecular flexibility index (Phi) is 3.81. The Morgan fingerprint density at radius 2 is 2.40 bits per heavy atom. The molecule has 0 aliphatic rings. The minimum absolute atomic E-state index is 0.120. The molecule has 0 aromatic carbocycles. The maximum Gasteiger partial charge on any atom is 0.289 e. The minimum Gasteiger partial charge on any atom is -0.357 e. The molecule has 1 rings (SSSR count). The van der Waals surface area contributed by atoms with E-state index in [0.717, 1.165) is 0 Å². The minimum atomic E-state index is -0.536. The van der Waals surface area contributed by atoms with Crippen LogP contribution in [0.3, 0.4) is 0 Å². The molecule has 0 aliphatic carbocycles. The van der Waals surface area contributed by atoms with Gasteiger partial charge in [-0.2, -0.15) is 0 Å². The lowest BCUT2D eigenvalue weighted by Gasteiger charge is -2.17. The highest BCUT2D eigenvalue weighted by molar-refractivity contribution is 6.33. The van der Waals surface area contributed by atoms with E-state index in [9.17, 15) is 10.1 Å². The number of hydrogen-bond donors (Lipinski definition) is 1. The summed E-state index contributed by atoms with van der Waals surface area (Å²) in [5.41, 5.74) is 5.25. The third kappa shape index (κ3) is 2.77. The first-order chi connectivity index (χ1) is 7.06. The van der Waals surface area contributed by atoms with Crippen molar-refractivity contribution in [2.45, 2.75) is 0 Å². The number of nitrogens with zero attached hydrogens (tertiary/aromatic N) is 3. The molecule has 0 amide bonds. The summed E-state index contributed by atoms with van der Waals surface area (Å²) in [5.74, 6) is 0.493. The third-order valence-corrected chi connectivity index (χ3v) is 2.12. The Hall–Kier alpha value is -1.40. The smallest absolute Gasteiger partial charge is 0.289 e. The monoisotopic (exact) mass is 230 g/mol. The molecule has 1 aromatic heterocycles. The average Bonchev–Trinajstić information content (AvgIpc) is 2.17. The van der Waals surface area contributed by atoms with Gasteiger partial charge in [-0.15, -0.1) is 0 Å². The van der Waals surface area contributed by atoms with Crippen LogP contribution in [0.15, 0.2) is 12.3 Å². The zero-order valence-electron chi connectivity index (χ0n) is 8.18. The standard InChI is InChI=1S/C8H11ClN4O2/c1-12(3-2-10)8-7(9)4-6(5-11-8)13(14)15/h4-5H,2-3,10H2,1H3. The van der Waals surface area contributed by atoms with Gasteiger partial charge in [-0.25, -0.2) is 4.98 Å². The van der Waals surface area contributed by atoms with E-state index in [0.29, 0.717) is 18.9 Å². The Morgan fingerprint density at radius 3 is 2.87 bits per heavy atom. The number of nitrogens with two attached hydrogens (primary N) is 1. The van der Waals surface area contributed by atoms with Crippen LogP contribution in [0.25, 0.3) is 0 Å². The summed E-state index contributed by atoms with van der Waals surface area (Å²) < 4.78 is 0. The molecule has 82 valence electrons. The summed E-state index contributed by atoms with van der Waals surface area (Å²) in [5, 5.41) is 10.7. The van der Waals surface area contributed by atoms with Gasteiger partial charge in [-0.3, -0.25) is 10.1 Å². The molecular formula is C8H11ClN4O2. The van der Waals surface area contributed by atoms with Crippen molar-refractivity contribution in [3.8, 4) is 0 Å². The van der Waals surface area contributed by atoms with Gasteiger partial charge in [-0.1, -0.05) is 11.6 Å². The van der Waals surface area contributed by atoms with Crippen molar-refractivity contribution in [3.05, 3.63) is 27.4 Å². The van der Waals surface area contributed by atoms with Gasteiger partial charge in [0, 0.05) is 26.2 Å². The number of aromatic nitrogens is 1. The van der Waals surface area contributed by atoms with Crippen molar-refractivity contribution in [1.29, 1.82) is 0 Å². The van der Waals surface area contributed by atoms with Crippen LogP contribution < -0.4 is 10.6 Å². The van der Waals surface area contributed by atoms with Crippen LogP contribution in [0.2, 0.25) is 5.02 Å². The molecule has 6 nitrogen and oxygen atoms in total. The summed E-state index contributed by atoms with van der Waals surface area (Å²) in [7, 11) is 1.77. The lowest BCUT2D eigenvalue weighted by atomic mass is 10.4. The summed E-state index contributed by atoms with van der Waals surface area (Å²) in [6.45, 7) is 1.05. The number of anilines is 1. The molecule has 1 aromatic rings. The second kappa shape index (κ2) is 4.90. The van der Waals surface area contributed by atoms with Gasteiger partial charge < -0.3 is 10.6 Å². The lowest BCUT2D eigenvalue weighted by Crippen LogP contribution is -2.26. The largest absolute Gasteiger partial charge is 0.357 e. The van der Waals surface area contributed by atoms with E-state index in [4.69, 9.17) is 17.3 Å². The molecule has 0 spiro atoms. The van der Waals surface area contributed by atoms with Crippen molar-refractivity contribution in [2.75, 3.05) is 25.0 Å². The van der Waals surface area contributed by atoms with Crippen LogP contribution in [0.4, 0.5) is 11.5 Å². The van der Waals surface area contributed by atoms with E-state index in [1.807, 2.05) is 0 Å². The predicted octanol–water partition coefficient (Wildman–Crippen LogP) is 1.04. The first-order valence-corrected chi connectivity index (χ1v) is 4.65. The highest BCUT2D eigenvalue weighted by Gasteiger charge is 2.13. The van der Waals surface area contributed by atoms with Crippen molar-refractivity contribution >= 4 is 23.1 Å². The van der Waals surface area contributed by atoms with Crippen LogP contribution >= 0.6 is 11.6 Å². The van der Waals surface area contributed by atoms with Crippen LogP contribution in [0.5, 0.6) is 0 Å². The van der Waals surface area contributed by atoms with Gasteiger partial charge in [0.05, 0.1) is 9.95 Å². The molecule has 0 atom stereocenters. The van der Waals surface area contributed by atoms with Gasteiger partial charge in [0.1, 0.15) is 12.0 Å². The number of nitro groups is 1. The Labute approximate surface area is 91.8 Å². The quantitative estimate of drug-likeness (QED) is 0.617. The number of hydrogen-bond acceptors (Lipinski definition) is 5. The van der Waals surface area contributed by atoms with E-state index in [2.05, 4.69) is 4.98 Å². The van der Waals surface area contributed by atoms with Gasteiger partial charge in [0.25, 0.3) is 5.69 Å². The third-order valence-electron chi connectivity index (χ3n) is 1.84. The van der Waals surface area contributed by atoms with Crippen molar-refractivity contribution in [2.24, 2.45) is 5.73 Å². The highest BCUT2D eigenvalue weighted by Crippen LogP contribution is 2.25. The van der Waals surface area contributed by atoms with Gasteiger partial charge in [0.2, 0.25) is 0 Å². The molecule has 0 aliphatic heterocycles. The summed E-state index contributed by atoms with van der Waals surface area (Å²) in [6, 6.07) is 1.27. The zero-order valence-corrected chi connectivity index (χ0v) is 8.94. The molecule has 2 N–H and O–H groups in total. The maximum absolute atomic E-state index is 10.4. The molecule has 7 heteroatoms. The molecule has 0 bridgehead atoms. The van der Waals surface area contributed by atoms with E-state index in [-0.39, 0.29) is 10.7 Å². The fraction of sp³-hybridized carbons (Fsp3) is 0.375. The second-order valence-electron chi connectivity index (χ2n) is 2.97. The normalized spacial score (nSPS) is 10.1. The van der Waals surface area contributed by atoms with Crippen LogP contribution in [0.1, 0.15) is 0 Å². The fourth-order valence-electron chi connectivity index (χ4n) is 1.10. The van der Waals surface area contributed by atoms with E-state index in [1.54, 1.807) is 11.9 Å². The molecule has 0 radical (unpaired) electrons. The molecule has 0 unspecified atom stereocenters. The first-order valence-electron chi connectivity index (χ1n) is 4.27. The van der Waals surface area contributed by atoms with Gasteiger partial charge in [-0.05, 0) is 0 Å². The Bertz CT molecular complexity index is 372. The van der Waals surface area contributed by atoms with Crippen molar-refractivity contribution < 1.29 is 4.92 Å². The summed E-state index contributed by atoms with van der Waals surface area (Å²) in [4.78, 5) is 15.6. The zero-order chi connectivity index (χ0) is 11.4. The molecule has 15 heavy (non-hydrogen) atoms. The highest BCUT2D eigenvalue weighted by atomic mass is 35.5. The number of pyridine rings is 1. The summed E-state index contributed by atoms with van der Waals surface area (Å²) >= 11 is 5.85. The van der Waals surface area contributed by atoms with Crippen LogP contribution in [0, 0.1) is 10.1 Å². The molecular weight excluding hydrogens is 220 g/mol. The molecule has 0 saturated heterocycles. The average molecular weight is 231 g/mol. The molecule has 0 fully saturated rings. The lowest BCUT2D eigenvalue weighted by molar-refractivity contribution is -0.385.